The average Bonchev–Trinajstić information content (AvgIpc) is 3.52. The summed E-state index contributed by atoms with van der Waals surface area (Å²) in [6.07, 6.45) is 11.8. The minimum Gasteiger partial charge on any atom is -0.508 e. The normalized spacial score (nSPS) is 26.2. The third-order valence-electron chi connectivity index (χ3n) is 12.4. The number of anilines is 1. The highest BCUT2D eigenvalue weighted by Crippen LogP contribution is 2.48. The van der Waals surface area contributed by atoms with Gasteiger partial charge >= 0.3 is 6.01 Å². The summed E-state index contributed by atoms with van der Waals surface area (Å²) in [6.45, 7) is 5.78. The molecule has 52 heavy (non-hydrogen) atoms. The molecule has 3 aromatic carbocycles. The van der Waals surface area contributed by atoms with Crippen molar-refractivity contribution < 1.29 is 27.4 Å². The fourth-order valence-electron chi connectivity index (χ4n) is 9.94. The van der Waals surface area contributed by atoms with E-state index in [2.05, 4.69) is 20.6 Å². The Morgan fingerprint density at radius 3 is 2.63 bits per heavy atom. The number of phenolic OH excluding ortho intramolecular Hbond substituents is 1. The maximum absolute atomic E-state index is 17.7. The van der Waals surface area contributed by atoms with Crippen LogP contribution < -0.4 is 9.64 Å². The summed E-state index contributed by atoms with van der Waals surface area (Å²) in [5, 5.41) is 12.7. The molecule has 1 aliphatic carbocycles. The molecular formula is C41H40F3N5O3. The van der Waals surface area contributed by atoms with Crippen molar-refractivity contribution in [2.24, 2.45) is 5.92 Å². The van der Waals surface area contributed by atoms with E-state index in [1.54, 1.807) is 6.92 Å². The van der Waals surface area contributed by atoms with Gasteiger partial charge < -0.3 is 19.2 Å². The Morgan fingerprint density at radius 1 is 1.06 bits per heavy atom. The number of aromatic hydroxyl groups is 1. The van der Waals surface area contributed by atoms with Crippen LogP contribution in [0.2, 0.25) is 0 Å². The number of fused-ring (bicyclic) bond motifs is 7. The zero-order chi connectivity index (χ0) is 35.5. The predicted molar refractivity (Wildman–Crippen MR) is 194 cm³/mol. The molecule has 5 aromatic rings. The molecule has 5 fully saturated rings. The number of benzene rings is 3. The average molecular weight is 708 g/mol. The molecule has 268 valence electrons. The Bertz CT molecular complexity index is 2320. The van der Waals surface area contributed by atoms with Crippen LogP contribution in [0.4, 0.5) is 19.0 Å². The van der Waals surface area contributed by atoms with Crippen molar-refractivity contribution in [1.82, 2.24) is 19.8 Å². The topological polar surface area (TPSA) is 78.1 Å². The van der Waals surface area contributed by atoms with Crippen molar-refractivity contribution >= 4 is 38.5 Å². The van der Waals surface area contributed by atoms with Crippen LogP contribution in [0.15, 0.2) is 34.7 Å². The highest BCUT2D eigenvalue weighted by Gasteiger charge is 2.50. The van der Waals surface area contributed by atoms with E-state index in [-0.39, 0.29) is 51.5 Å². The summed E-state index contributed by atoms with van der Waals surface area (Å²) < 4.78 is 60.3. The van der Waals surface area contributed by atoms with Crippen molar-refractivity contribution in [3.63, 3.8) is 0 Å². The monoisotopic (exact) mass is 707 g/mol. The number of hydrogen-bond acceptors (Lipinski definition) is 8. The summed E-state index contributed by atoms with van der Waals surface area (Å²) in [4.78, 5) is 16.9. The molecule has 4 aliphatic heterocycles. The van der Waals surface area contributed by atoms with Gasteiger partial charge in [-0.25, -0.2) is 13.2 Å². The lowest BCUT2D eigenvalue weighted by molar-refractivity contribution is 0.107. The quantitative estimate of drug-likeness (QED) is 0.175. The Labute approximate surface area is 299 Å². The molecule has 0 radical (unpaired) electrons. The SMILES string of the molecule is C#Cc1c(F)ccc2cc(O)cc(-c3c(F)c4nc(OC[C@@]56CCCN5C[C@H](F)C6)nc(N5CC6CCC(C5)N6CC5CC5)c4c4cc(C)oc34)c12. The summed E-state index contributed by atoms with van der Waals surface area (Å²) in [7, 11) is 0. The molecule has 8 nitrogen and oxygen atoms in total. The first-order valence-corrected chi connectivity index (χ1v) is 18.6. The van der Waals surface area contributed by atoms with Gasteiger partial charge in [0.05, 0.1) is 22.1 Å². The highest BCUT2D eigenvalue weighted by molar-refractivity contribution is 6.18. The predicted octanol–water partition coefficient (Wildman–Crippen LogP) is 7.49. The molecule has 6 heterocycles. The molecule has 11 heteroatoms. The first-order valence-electron chi connectivity index (χ1n) is 18.6. The smallest absolute Gasteiger partial charge is 0.319 e. The van der Waals surface area contributed by atoms with Crippen LogP contribution in [-0.4, -0.2) is 88.0 Å². The number of phenols is 1. The zero-order valence-corrected chi connectivity index (χ0v) is 29.1. The van der Waals surface area contributed by atoms with Crippen molar-refractivity contribution in [1.29, 1.82) is 0 Å². The fraction of sp³-hybridized carbons (Fsp3) is 0.463. The molecule has 1 N–H and O–H groups in total. The van der Waals surface area contributed by atoms with Crippen LogP contribution in [0.3, 0.4) is 0 Å². The van der Waals surface area contributed by atoms with Crippen LogP contribution in [-0.2, 0) is 0 Å². The Balaban J connectivity index is 1.18. The summed E-state index contributed by atoms with van der Waals surface area (Å²) in [5.41, 5.74) is -0.0240. The summed E-state index contributed by atoms with van der Waals surface area (Å²) in [5.74, 6) is 2.85. The van der Waals surface area contributed by atoms with Gasteiger partial charge in [0.2, 0.25) is 0 Å². The number of terminal acetylenes is 1. The van der Waals surface area contributed by atoms with Gasteiger partial charge in [0, 0.05) is 61.0 Å². The number of hydrogen-bond donors (Lipinski definition) is 1. The van der Waals surface area contributed by atoms with Crippen molar-refractivity contribution in [3.05, 3.63) is 53.3 Å². The molecule has 2 aromatic heterocycles. The third-order valence-corrected chi connectivity index (χ3v) is 12.4. The standard InChI is InChI=1S/C41H40F3N5O3/c1-3-29-32(43)10-7-24-14-28(50)15-30(33(24)29)34-36(44)37-35(31-13-22(2)52-38(31)34)39(47-19-26-8-9-27(20-47)49(26)17-23-5-6-23)46-40(45-37)51-21-41-11-4-12-48(41)18-25(42)16-41/h1,7,10,13-15,23,25-27,50H,4-6,8-9,11-12,16-21H2,2H3/t25-,26?,27?,41+/m1/s1. The number of halogens is 3. The molecule has 4 saturated heterocycles. The van der Waals surface area contributed by atoms with Crippen LogP contribution >= 0.6 is 0 Å². The largest absolute Gasteiger partial charge is 0.508 e. The van der Waals surface area contributed by atoms with Gasteiger partial charge in [0.15, 0.2) is 5.82 Å². The highest BCUT2D eigenvalue weighted by atomic mass is 19.1. The lowest BCUT2D eigenvalue weighted by Crippen LogP contribution is -2.54. The Kier molecular flexibility index (Phi) is 7.26. The maximum atomic E-state index is 17.7. The molecule has 0 spiro atoms. The van der Waals surface area contributed by atoms with Gasteiger partial charge in [-0.1, -0.05) is 12.0 Å². The number of aryl methyl sites for hydroxylation is 1. The number of piperazine rings is 1. The molecule has 10 rings (SSSR count). The van der Waals surface area contributed by atoms with E-state index in [1.165, 1.54) is 37.1 Å². The fourth-order valence-corrected chi connectivity index (χ4v) is 9.94. The van der Waals surface area contributed by atoms with Crippen LogP contribution in [0, 0.1) is 36.8 Å². The van der Waals surface area contributed by atoms with Crippen LogP contribution in [0.5, 0.6) is 11.8 Å². The number of furan rings is 1. The number of aromatic nitrogens is 2. The van der Waals surface area contributed by atoms with Gasteiger partial charge in [-0.3, -0.25) is 9.80 Å². The number of ether oxygens (including phenoxy) is 1. The van der Waals surface area contributed by atoms with E-state index in [0.717, 1.165) is 57.8 Å². The second-order valence-electron chi connectivity index (χ2n) is 15.8. The van der Waals surface area contributed by atoms with E-state index in [9.17, 15) is 9.50 Å². The summed E-state index contributed by atoms with van der Waals surface area (Å²) in [6, 6.07) is 8.23. The summed E-state index contributed by atoms with van der Waals surface area (Å²) >= 11 is 0. The molecule has 2 bridgehead atoms. The van der Waals surface area contributed by atoms with E-state index in [1.807, 2.05) is 6.07 Å². The Hall–Kier alpha value is -4.53. The second-order valence-corrected chi connectivity index (χ2v) is 15.8. The van der Waals surface area contributed by atoms with Crippen molar-refractivity contribution in [3.8, 4) is 35.2 Å². The molecule has 4 atom stereocenters. The van der Waals surface area contributed by atoms with Gasteiger partial charge in [-0.15, -0.1) is 6.42 Å². The van der Waals surface area contributed by atoms with Gasteiger partial charge in [-0.05, 0) is 87.6 Å². The van der Waals surface area contributed by atoms with E-state index >= 15 is 8.78 Å². The van der Waals surface area contributed by atoms with E-state index in [4.69, 9.17) is 25.5 Å². The van der Waals surface area contributed by atoms with Gasteiger partial charge in [0.1, 0.15) is 47.0 Å². The number of nitrogens with zero attached hydrogens (tertiary/aromatic N) is 5. The Morgan fingerprint density at radius 2 is 1.87 bits per heavy atom. The van der Waals surface area contributed by atoms with Gasteiger partial charge in [-0.2, -0.15) is 9.97 Å². The van der Waals surface area contributed by atoms with Crippen LogP contribution in [0.1, 0.15) is 56.3 Å². The first-order chi connectivity index (χ1) is 25.2. The molecule has 0 amide bonds. The lowest BCUT2D eigenvalue weighted by atomic mass is 9.91. The number of alkyl halides is 1. The van der Waals surface area contributed by atoms with Gasteiger partial charge in [0.25, 0.3) is 0 Å². The first kappa shape index (κ1) is 32.1. The minimum absolute atomic E-state index is 0.0140. The number of rotatable bonds is 7. The van der Waals surface area contributed by atoms with Crippen LogP contribution in [0.25, 0.3) is 43.8 Å². The second kappa shape index (κ2) is 11.7. The third kappa shape index (κ3) is 4.97. The van der Waals surface area contributed by atoms with E-state index in [0.29, 0.717) is 52.8 Å². The minimum atomic E-state index is -0.924. The molecule has 5 aliphatic rings. The van der Waals surface area contributed by atoms with E-state index < -0.39 is 23.3 Å². The zero-order valence-electron chi connectivity index (χ0n) is 29.1. The van der Waals surface area contributed by atoms with Crippen molar-refractivity contribution in [2.75, 3.05) is 44.2 Å². The molecular weight excluding hydrogens is 667 g/mol. The lowest BCUT2D eigenvalue weighted by Gasteiger charge is -2.42. The maximum Gasteiger partial charge on any atom is 0.319 e. The molecule has 2 unspecified atom stereocenters. The molecule has 1 saturated carbocycles. The van der Waals surface area contributed by atoms with Crippen molar-refractivity contribution in [2.45, 2.75) is 75.7 Å².